The van der Waals surface area contributed by atoms with Gasteiger partial charge < -0.3 is 19.5 Å². The standard InChI is InChI=1S/C24H33N3O5/c1-4-19-21-20(14-24(15-25-22(21)28)6-10-31-11-7-24)27(26-19)8-5-9-32-23(29)18-13-17(30-3)12-16(18)2/h12H,4-11,13-15H2,1-3H3,(H,25,28). The quantitative estimate of drug-likeness (QED) is 0.515. The molecule has 8 nitrogen and oxygen atoms in total. The molecule has 1 N–H and O–H groups in total. The number of nitrogens with one attached hydrogen (secondary N) is 1. The number of fused-ring (bicyclic) bond motifs is 1. The number of allylic oxidation sites excluding steroid dienone is 3. The van der Waals surface area contributed by atoms with E-state index in [1.54, 1.807) is 7.11 Å². The second kappa shape index (κ2) is 9.48. The minimum Gasteiger partial charge on any atom is -0.501 e. The number of aromatic nitrogens is 2. The topological polar surface area (TPSA) is 91.7 Å². The zero-order valence-electron chi connectivity index (χ0n) is 19.3. The summed E-state index contributed by atoms with van der Waals surface area (Å²) in [7, 11) is 1.61. The number of carbonyl (C=O) groups is 2. The number of aryl methyl sites for hydroxylation is 2. The molecule has 1 aliphatic carbocycles. The van der Waals surface area contributed by atoms with Crippen LogP contribution in [0.5, 0.6) is 0 Å². The highest BCUT2D eigenvalue weighted by Crippen LogP contribution is 2.37. The molecule has 0 bridgehead atoms. The summed E-state index contributed by atoms with van der Waals surface area (Å²) in [6, 6.07) is 0. The van der Waals surface area contributed by atoms with Gasteiger partial charge in [-0.25, -0.2) is 4.79 Å². The van der Waals surface area contributed by atoms with Crippen LogP contribution in [0.3, 0.4) is 0 Å². The smallest absolute Gasteiger partial charge is 0.334 e. The Kier molecular flexibility index (Phi) is 6.69. The molecule has 1 aromatic rings. The summed E-state index contributed by atoms with van der Waals surface area (Å²) in [5.74, 6) is 0.462. The number of carbonyl (C=O) groups excluding carboxylic acids is 2. The van der Waals surface area contributed by atoms with Gasteiger partial charge in [0.2, 0.25) is 0 Å². The van der Waals surface area contributed by atoms with E-state index in [1.165, 1.54) is 0 Å². The van der Waals surface area contributed by atoms with Gasteiger partial charge in [0.05, 0.1) is 30.7 Å². The van der Waals surface area contributed by atoms with E-state index in [1.807, 2.05) is 24.6 Å². The molecule has 0 aromatic carbocycles. The first kappa shape index (κ1) is 22.6. The Labute approximate surface area is 189 Å². The number of ether oxygens (including phenoxy) is 3. The molecule has 0 atom stereocenters. The minimum absolute atomic E-state index is 0.0208. The van der Waals surface area contributed by atoms with E-state index in [4.69, 9.17) is 19.3 Å². The predicted molar refractivity (Wildman–Crippen MR) is 118 cm³/mol. The number of methoxy groups -OCH3 is 1. The number of rotatable bonds is 7. The highest BCUT2D eigenvalue weighted by molar-refractivity contribution is 5.97. The van der Waals surface area contributed by atoms with Crippen LogP contribution < -0.4 is 5.32 Å². The Morgan fingerprint density at radius 1 is 1.34 bits per heavy atom. The molecule has 2 aliphatic heterocycles. The highest BCUT2D eigenvalue weighted by Gasteiger charge is 2.39. The molecule has 4 rings (SSSR count). The van der Waals surface area contributed by atoms with E-state index in [0.29, 0.717) is 44.5 Å². The van der Waals surface area contributed by atoms with Crippen LogP contribution in [0.2, 0.25) is 0 Å². The number of amides is 1. The zero-order chi connectivity index (χ0) is 22.7. The third-order valence-corrected chi connectivity index (χ3v) is 6.87. The lowest BCUT2D eigenvalue weighted by atomic mass is 9.76. The molecule has 1 amide bonds. The van der Waals surface area contributed by atoms with Crippen LogP contribution in [0, 0.1) is 5.41 Å². The van der Waals surface area contributed by atoms with Crippen molar-refractivity contribution in [3.05, 3.63) is 39.9 Å². The second-order valence-electron chi connectivity index (χ2n) is 8.96. The summed E-state index contributed by atoms with van der Waals surface area (Å²) in [5.41, 5.74) is 4.15. The molecule has 0 radical (unpaired) electrons. The lowest BCUT2D eigenvalue weighted by Crippen LogP contribution is -2.40. The third kappa shape index (κ3) is 4.46. The van der Waals surface area contributed by atoms with Crippen LogP contribution >= 0.6 is 0 Å². The van der Waals surface area contributed by atoms with Gasteiger partial charge in [0.15, 0.2) is 0 Å². The summed E-state index contributed by atoms with van der Waals surface area (Å²) in [4.78, 5) is 25.3. The van der Waals surface area contributed by atoms with Crippen molar-refractivity contribution in [1.29, 1.82) is 0 Å². The van der Waals surface area contributed by atoms with Crippen LogP contribution in [0.15, 0.2) is 23.0 Å². The van der Waals surface area contributed by atoms with E-state index in [9.17, 15) is 9.59 Å². The third-order valence-electron chi connectivity index (χ3n) is 6.87. The predicted octanol–water partition coefficient (Wildman–Crippen LogP) is 2.71. The molecule has 3 aliphatic rings. The largest absolute Gasteiger partial charge is 0.501 e. The lowest BCUT2D eigenvalue weighted by Gasteiger charge is -2.36. The van der Waals surface area contributed by atoms with E-state index in [2.05, 4.69) is 5.32 Å². The van der Waals surface area contributed by atoms with Crippen LogP contribution in [0.25, 0.3) is 0 Å². The summed E-state index contributed by atoms with van der Waals surface area (Å²) in [5, 5.41) is 7.90. The fourth-order valence-electron chi connectivity index (χ4n) is 4.88. The normalized spacial score (nSPS) is 20.0. The van der Waals surface area contributed by atoms with Gasteiger partial charge in [0.25, 0.3) is 5.91 Å². The molecular weight excluding hydrogens is 410 g/mol. The van der Waals surface area contributed by atoms with Crippen molar-refractivity contribution in [2.24, 2.45) is 5.41 Å². The Balaban J connectivity index is 1.42. The van der Waals surface area contributed by atoms with E-state index >= 15 is 0 Å². The monoisotopic (exact) mass is 443 g/mol. The summed E-state index contributed by atoms with van der Waals surface area (Å²) in [6.07, 6.45) is 6.38. The Morgan fingerprint density at radius 3 is 2.81 bits per heavy atom. The number of nitrogens with zero attached hydrogens (tertiary/aromatic N) is 2. The Bertz CT molecular complexity index is 953. The molecule has 1 fully saturated rings. The maximum Gasteiger partial charge on any atom is 0.334 e. The summed E-state index contributed by atoms with van der Waals surface area (Å²) in [6.45, 7) is 6.96. The Morgan fingerprint density at radius 2 is 2.12 bits per heavy atom. The molecule has 1 saturated heterocycles. The van der Waals surface area contributed by atoms with Crippen LogP contribution in [0.4, 0.5) is 0 Å². The van der Waals surface area contributed by atoms with Gasteiger partial charge in [0, 0.05) is 44.7 Å². The van der Waals surface area contributed by atoms with Crippen LogP contribution in [-0.4, -0.2) is 55.1 Å². The minimum atomic E-state index is -0.292. The van der Waals surface area contributed by atoms with Gasteiger partial charge in [-0.3, -0.25) is 9.48 Å². The maximum atomic E-state index is 12.9. The van der Waals surface area contributed by atoms with Crippen molar-refractivity contribution in [2.75, 3.05) is 33.5 Å². The van der Waals surface area contributed by atoms with E-state index in [-0.39, 0.29) is 17.3 Å². The zero-order valence-corrected chi connectivity index (χ0v) is 19.3. The molecule has 32 heavy (non-hydrogen) atoms. The van der Waals surface area contributed by atoms with Gasteiger partial charge >= 0.3 is 5.97 Å². The Hall–Kier alpha value is -2.61. The van der Waals surface area contributed by atoms with Gasteiger partial charge in [-0.05, 0) is 49.7 Å². The van der Waals surface area contributed by atoms with Crippen molar-refractivity contribution in [3.8, 4) is 0 Å². The van der Waals surface area contributed by atoms with Crippen molar-refractivity contribution >= 4 is 11.9 Å². The number of hydrogen-bond acceptors (Lipinski definition) is 6. The highest BCUT2D eigenvalue weighted by atomic mass is 16.5. The van der Waals surface area contributed by atoms with Gasteiger partial charge in [-0.2, -0.15) is 5.10 Å². The van der Waals surface area contributed by atoms with Crippen LogP contribution in [-0.2, 0) is 38.4 Å². The first-order valence-corrected chi connectivity index (χ1v) is 11.5. The van der Waals surface area contributed by atoms with Crippen molar-refractivity contribution < 1.29 is 23.8 Å². The first-order chi connectivity index (χ1) is 15.5. The van der Waals surface area contributed by atoms with Crippen molar-refractivity contribution in [3.63, 3.8) is 0 Å². The number of hydrogen-bond donors (Lipinski definition) is 1. The summed E-state index contributed by atoms with van der Waals surface area (Å²) < 4.78 is 18.3. The molecule has 174 valence electrons. The van der Waals surface area contributed by atoms with Gasteiger partial charge in [0.1, 0.15) is 5.76 Å². The van der Waals surface area contributed by atoms with E-state index < -0.39 is 0 Å². The SMILES string of the molecule is CCc1nn(CCCOC(=O)C2=C(C)C=C(OC)C2)c2c1C(=O)NCC1(CCOCC1)C2. The molecule has 0 unspecified atom stereocenters. The second-order valence-corrected chi connectivity index (χ2v) is 8.96. The first-order valence-electron chi connectivity index (χ1n) is 11.5. The molecule has 1 aromatic heterocycles. The lowest BCUT2D eigenvalue weighted by molar-refractivity contribution is -0.139. The molecule has 0 saturated carbocycles. The molecule has 3 heterocycles. The average molecular weight is 444 g/mol. The molecular formula is C24H33N3O5. The van der Waals surface area contributed by atoms with Crippen molar-refractivity contribution in [2.45, 2.75) is 58.9 Å². The van der Waals surface area contributed by atoms with Gasteiger partial charge in [-0.1, -0.05) is 6.92 Å². The maximum absolute atomic E-state index is 12.9. The fraction of sp³-hybridized carbons (Fsp3) is 0.625. The van der Waals surface area contributed by atoms with Gasteiger partial charge in [-0.15, -0.1) is 0 Å². The van der Waals surface area contributed by atoms with E-state index in [0.717, 1.165) is 60.8 Å². The number of esters is 1. The average Bonchev–Trinajstić information content (AvgIpc) is 3.31. The molecule has 1 spiro atoms. The van der Waals surface area contributed by atoms with Crippen molar-refractivity contribution in [1.82, 2.24) is 15.1 Å². The summed E-state index contributed by atoms with van der Waals surface area (Å²) >= 11 is 0. The fourth-order valence-corrected chi connectivity index (χ4v) is 4.88. The molecule has 8 heteroatoms. The van der Waals surface area contributed by atoms with Crippen LogP contribution in [0.1, 0.15) is 61.3 Å².